The zero-order valence-electron chi connectivity index (χ0n) is 34.7. The van der Waals surface area contributed by atoms with E-state index in [1.807, 2.05) is 58.2 Å². The summed E-state index contributed by atoms with van der Waals surface area (Å²) in [4.78, 5) is 0. The second kappa shape index (κ2) is 14.6. The summed E-state index contributed by atoms with van der Waals surface area (Å²) in [5, 5.41) is 14.7. The first-order valence-corrected chi connectivity index (χ1v) is 21.2. The van der Waals surface area contributed by atoms with Crippen LogP contribution in [0.15, 0.2) is 207 Å². The van der Waals surface area contributed by atoms with Gasteiger partial charge in [0.15, 0.2) is 0 Å². The highest BCUT2D eigenvalue weighted by molar-refractivity contribution is 6.10. The fraction of sp³-hybridized carbons (Fsp3) is 0.0357. The maximum absolute atomic E-state index is 6.57. The van der Waals surface area contributed by atoms with E-state index in [9.17, 15) is 0 Å². The fourth-order valence-electron chi connectivity index (χ4n) is 9.38. The van der Waals surface area contributed by atoms with E-state index in [1.54, 1.807) is 0 Å². The molecular formula is C56H40N6O. The first kappa shape index (κ1) is 36.4. The van der Waals surface area contributed by atoms with Crippen LogP contribution in [0.5, 0.6) is 11.5 Å². The average molecular weight is 813 g/mol. The Kier molecular flexibility index (Phi) is 8.47. The van der Waals surface area contributed by atoms with E-state index in [4.69, 9.17) is 14.9 Å². The summed E-state index contributed by atoms with van der Waals surface area (Å²) in [6, 6.07) is 68.2. The normalized spacial score (nSPS) is 11.7. The number of nitrogens with zero attached hydrogens (tertiary/aromatic N) is 6. The van der Waals surface area contributed by atoms with Crippen LogP contribution in [0.4, 0.5) is 0 Å². The highest BCUT2D eigenvalue weighted by Gasteiger charge is 2.18. The van der Waals surface area contributed by atoms with Gasteiger partial charge in [-0.2, -0.15) is 10.2 Å². The van der Waals surface area contributed by atoms with Crippen molar-refractivity contribution in [3.05, 3.63) is 218 Å². The number of fused-ring (bicyclic) bond motifs is 6. The molecule has 63 heavy (non-hydrogen) atoms. The van der Waals surface area contributed by atoms with Gasteiger partial charge in [0, 0.05) is 56.2 Å². The Morgan fingerprint density at radius 3 is 1.06 bits per heavy atom. The number of rotatable bonds is 8. The summed E-state index contributed by atoms with van der Waals surface area (Å²) in [7, 11) is 0. The van der Waals surface area contributed by atoms with Crippen LogP contribution < -0.4 is 4.74 Å². The molecule has 4 aromatic heterocycles. The zero-order chi connectivity index (χ0) is 42.0. The zero-order valence-corrected chi connectivity index (χ0v) is 34.7. The molecule has 0 bridgehead atoms. The van der Waals surface area contributed by atoms with Crippen LogP contribution in [-0.2, 0) is 0 Å². The van der Waals surface area contributed by atoms with Gasteiger partial charge >= 0.3 is 0 Å². The smallest absolute Gasteiger partial charge is 0.129 e. The molecule has 4 heterocycles. The number of benzene rings is 8. The van der Waals surface area contributed by atoms with E-state index in [-0.39, 0.29) is 0 Å². The minimum Gasteiger partial charge on any atom is -0.457 e. The second-order valence-corrected chi connectivity index (χ2v) is 16.1. The van der Waals surface area contributed by atoms with Crippen LogP contribution in [0.25, 0.3) is 88.9 Å². The van der Waals surface area contributed by atoms with Gasteiger partial charge in [-0.25, -0.2) is 9.36 Å². The molecule has 7 nitrogen and oxygen atoms in total. The van der Waals surface area contributed by atoms with Crippen LogP contribution in [0.2, 0.25) is 0 Å². The fourth-order valence-corrected chi connectivity index (χ4v) is 9.38. The number of ether oxygens (including phenoxy) is 1. The quantitative estimate of drug-likeness (QED) is 0.154. The number of aromatic nitrogens is 6. The molecule has 0 aliphatic heterocycles. The molecule has 12 aromatic rings. The SMILES string of the molecule is Cc1cnn(-c2cccc(Oc3cccc(-n4ncc(C)c4-c4ccc(-n5c6ccccc6c6ccccc65)cc4)c3)c2)c1-c1ccc(-n2c3ccccc3c3ccccc32)cc1. The van der Waals surface area contributed by atoms with Crippen LogP contribution >= 0.6 is 0 Å². The molecule has 0 amide bonds. The van der Waals surface area contributed by atoms with E-state index >= 15 is 0 Å². The molecule has 0 saturated carbocycles. The maximum atomic E-state index is 6.57. The Labute approximate surface area is 363 Å². The molecule has 0 unspecified atom stereocenters. The topological polar surface area (TPSA) is 54.7 Å². The molecule has 300 valence electrons. The number of para-hydroxylation sites is 4. The molecule has 0 aliphatic carbocycles. The largest absolute Gasteiger partial charge is 0.457 e. The second-order valence-electron chi connectivity index (χ2n) is 16.1. The molecule has 0 saturated heterocycles. The van der Waals surface area contributed by atoms with Gasteiger partial charge in [-0.3, -0.25) is 0 Å². The predicted molar refractivity (Wildman–Crippen MR) is 256 cm³/mol. The van der Waals surface area contributed by atoms with Crippen LogP contribution in [0, 0.1) is 13.8 Å². The molecule has 0 N–H and O–H groups in total. The molecule has 7 heteroatoms. The van der Waals surface area contributed by atoms with Crippen LogP contribution in [-0.4, -0.2) is 28.7 Å². The monoisotopic (exact) mass is 812 g/mol. The number of hydrogen-bond donors (Lipinski definition) is 0. The Morgan fingerprint density at radius 1 is 0.349 bits per heavy atom. The van der Waals surface area contributed by atoms with Crippen molar-refractivity contribution < 1.29 is 4.74 Å². The van der Waals surface area contributed by atoms with Gasteiger partial charge in [-0.15, -0.1) is 0 Å². The average Bonchev–Trinajstić information content (AvgIpc) is 4.10. The van der Waals surface area contributed by atoms with E-state index in [2.05, 4.69) is 181 Å². The molecule has 8 aromatic carbocycles. The molecular weight excluding hydrogens is 773 g/mol. The van der Waals surface area contributed by atoms with Gasteiger partial charge in [0.05, 0.1) is 57.2 Å². The lowest BCUT2D eigenvalue weighted by Gasteiger charge is -2.14. The molecule has 0 aliphatic rings. The molecule has 0 spiro atoms. The lowest BCUT2D eigenvalue weighted by atomic mass is 10.1. The molecule has 0 fully saturated rings. The van der Waals surface area contributed by atoms with Crippen LogP contribution in [0.1, 0.15) is 11.1 Å². The van der Waals surface area contributed by atoms with Crippen molar-refractivity contribution in [1.82, 2.24) is 28.7 Å². The third-order valence-corrected chi connectivity index (χ3v) is 12.2. The van der Waals surface area contributed by atoms with Gasteiger partial charge in [0.1, 0.15) is 11.5 Å². The summed E-state index contributed by atoms with van der Waals surface area (Å²) in [5.74, 6) is 1.42. The Balaban J connectivity index is 0.826. The van der Waals surface area contributed by atoms with Crippen molar-refractivity contribution in [1.29, 1.82) is 0 Å². The van der Waals surface area contributed by atoms with Crippen molar-refractivity contribution in [3.8, 4) is 56.8 Å². The Bertz CT molecular complexity index is 3330. The van der Waals surface area contributed by atoms with E-state index in [1.165, 1.54) is 43.6 Å². The van der Waals surface area contributed by atoms with Crippen LogP contribution in [0.3, 0.4) is 0 Å². The first-order valence-electron chi connectivity index (χ1n) is 21.2. The Morgan fingerprint density at radius 2 is 0.698 bits per heavy atom. The summed E-state index contributed by atoms with van der Waals surface area (Å²) >= 11 is 0. The molecule has 12 rings (SSSR count). The van der Waals surface area contributed by atoms with E-state index in [0.29, 0.717) is 11.5 Å². The van der Waals surface area contributed by atoms with Crippen molar-refractivity contribution in [3.63, 3.8) is 0 Å². The van der Waals surface area contributed by atoms with Gasteiger partial charge in [-0.1, -0.05) is 109 Å². The minimum atomic E-state index is 0.711. The first-order chi connectivity index (χ1) is 31.1. The molecule has 0 radical (unpaired) electrons. The van der Waals surface area contributed by atoms with Crippen molar-refractivity contribution in [2.75, 3.05) is 0 Å². The van der Waals surface area contributed by atoms with Crippen molar-refractivity contribution in [2.24, 2.45) is 0 Å². The Hall–Kier alpha value is -8.42. The predicted octanol–water partition coefficient (Wildman–Crippen LogP) is 14.0. The standard InChI is InChI=1S/C56H40N6O/c1-37-35-57-61(55(37)39-25-29-41(30-26-39)59-51-21-7-3-17-47(51)48-18-4-8-22-52(48)59)43-13-11-15-45(33-43)63-46-16-12-14-44(34-46)62-56(38(2)36-58-62)40-27-31-42(32-28-40)60-53-23-9-5-19-49(53)50-20-6-10-24-54(50)60/h3-36H,1-2H3. The summed E-state index contributed by atoms with van der Waals surface area (Å²) in [6.45, 7) is 4.22. The number of aryl methyl sites for hydroxylation is 2. The van der Waals surface area contributed by atoms with Crippen molar-refractivity contribution >= 4 is 43.6 Å². The van der Waals surface area contributed by atoms with Gasteiger partial charge < -0.3 is 13.9 Å². The highest BCUT2D eigenvalue weighted by atomic mass is 16.5. The number of hydrogen-bond acceptors (Lipinski definition) is 3. The van der Waals surface area contributed by atoms with E-state index in [0.717, 1.165) is 56.4 Å². The maximum Gasteiger partial charge on any atom is 0.129 e. The summed E-state index contributed by atoms with van der Waals surface area (Å²) in [6.07, 6.45) is 3.85. The summed E-state index contributed by atoms with van der Waals surface area (Å²) < 4.78 is 15.3. The lowest BCUT2D eigenvalue weighted by Crippen LogP contribution is -2.01. The van der Waals surface area contributed by atoms with Crippen molar-refractivity contribution in [2.45, 2.75) is 13.8 Å². The lowest BCUT2D eigenvalue weighted by molar-refractivity contribution is 0.482. The minimum absolute atomic E-state index is 0.711. The third-order valence-electron chi connectivity index (χ3n) is 12.2. The van der Waals surface area contributed by atoms with E-state index < -0.39 is 0 Å². The van der Waals surface area contributed by atoms with Gasteiger partial charge in [-0.05, 0) is 97.8 Å². The summed E-state index contributed by atoms with van der Waals surface area (Å²) in [5.41, 5.74) is 15.2. The highest BCUT2D eigenvalue weighted by Crippen LogP contribution is 2.36. The third kappa shape index (κ3) is 6.04. The van der Waals surface area contributed by atoms with Gasteiger partial charge in [0.2, 0.25) is 0 Å². The molecule has 0 atom stereocenters. The van der Waals surface area contributed by atoms with Gasteiger partial charge in [0.25, 0.3) is 0 Å².